The lowest BCUT2D eigenvalue weighted by Gasteiger charge is -2.08. The lowest BCUT2D eigenvalue weighted by Crippen LogP contribution is -2.22. The number of nitrogens with zero attached hydrogens (tertiary/aromatic N) is 5. The molecule has 0 radical (unpaired) electrons. The molecule has 0 spiro atoms. The summed E-state index contributed by atoms with van der Waals surface area (Å²) in [7, 11) is 0. The summed E-state index contributed by atoms with van der Waals surface area (Å²) in [5.41, 5.74) is 1.60. The number of ketones is 2. The Morgan fingerprint density at radius 1 is 1.21 bits per heavy atom. The molecule has 0 N–H and O–H groups in total. The van der Waals surface area contributed by atoms with Gasteiger partial charge in [-0.15, -0.1) is 5.10 Å². The van der Waals surface area contributed by atoms with Crippen LogP contribution in [0.4, 0.5) is 0 Å². The summed E-state index contributed by atoms with van der Waals surface area (Å²) in [6.45, 7) is 2.75. The van der Waals surface area contributed by atoms with Crippen LogP contribution in [0.3, 0.4) is 0 Å². The molecule has 0 saturated carbocycles. The van der Waals surface area contributed by atoms with Gasteiger partial charge in [0.2, 0.25) is 0 Å². The quantitative estimate of drug-likeness (QED) is 0.391. The largest absolute Gasteiger partial charge is 0.298 e. The Kier molecular flexibility index (Phi) is 4.59. The zero-order valence-electron chi connectivity index (χ0n) is 12.8. The molecule has 1 aromatic carbocycles. The van der Waals surface area contributed by atoms with Crippen molar-refractivity contribution in [1.29, 1.82) is 0 Å². The third kappa shape index (κ3) is 3.15. The van der Waals surface area contributed by atoms with Gasteiger partial charge >= 0.3 is 0 Å². The molecule has 0 bridgehead atoms. The summed E-state index contributed by atoms with van der Waals surface area (Å²) in [5, 5.41) is 8.36. The number of carbonyl (C=O) groups is 2. The molecule has 0 aliphatic carbocycles. The molecule has 0 aliphatic rings. The first-order valence-corrected chi connectivity index (χ1v) is 8.23. The average Bonchev–Trinajstić information content (AvgIpc) is 2.96. The highest BCUT2D eigenvalue weighted by Gasteiger charge is 2.24. The molecule has 0 fully saturated rings. The average molecular weight is 362 g/mol. The number of carbonyl (C=O) groups excluding carboxylic acids is 2. The van der Waals surface area contributed by atoms with E-state index in [-0.39, 0.29) is 11.6 Å². The van der Waals surface area contributed by atoms with Crippen LogP contribution in [0.1, 0.15) is 13.8 Å². The Bertz CT molecular complexity index is 929. The molecule has 2 aromatic heterocycles. The molecule has 0 aliphatic heterocycles. The van der Waals surface area contributed by atoms with E-state index < -0.39 is 5.25 Å². The van der Waals surface area contributed by atoms with Gasteiger partial charge in [-0.2, -0.15) is 4.68 Å². The fourth-order valence-electron chi connectivity index (χ4n) is 2.16. The molecule has 0 unspecified atom stereocenters. The maximum Gasteiger partial charge on any atom is 0.187 e. The highest BCUT2D eigenvalue weighted by Crippen LogP contribution is 2.28. The fourth-order valence-corrected chi connectivity index (χ4v) is 3.25. The van der Waals surface area contributed by atoms with Crippen LogP contribution >= 0.6 is 23.4 Å². The smallest absolute Gasteiger partial charge is 0.187 e. The number of aromatic nitrogens is 5. The van der Waals surface area contributed by atoms with E-state index in [1.807, 2.05) is 6.07 Å². The van der Waals surface area contributed by atoms with Crippen LogP contribution in [-0.2, 0) is 9.59 Å². The van der Waals surface area contributed by atoms with Crippen molar-refractivity contribution < 1.29 is 9.59 Å². The minimum absolute atomic E-state index is 0.235. The van der Waals surface area contributed by atoms with Gasteiger partial charge in [0.1, 0.15) is 16.6 Å². The normalized spacial score (nSPS) is 11.2. The summed E-state index contributed by atoms with van der Waals surface area (Å²) in [5.74, 6) is -0.469. The summed E-state index contributed by atoms with van der Waals surface area (Å²) in [6, 6.07) is 7.11. The van der Waals surface area contributed by atoms with Gasteiger partial charge in [-0.05, 0) is 32.0 Å². The summed E-state index contributed by atoms with van der Waals surface area (Å²) >= 11 is 7.06. The SMILES string of the molecule is CC(=O)C(Sc1ncnc2c1nnn2-c1cccc(Cl)c1)C(C)=O. The first-order valence-electron chi connectivity index (χ1n) is 6.97. The molecule has 2 heterocycles. The highest BCUT2D eigenvalue weighted by atomic mass is 35.5. The van der Waals surface area contributed by atoms with Gasteiger partial charge in [0.05, 0.1) is 5.69 Å². The maximum absolute atomic E-state index is 11.6. The second-order valence-electron chi connectivity index (χ2n) is 5.05. The van der Waals surface area contributed by atoms with Crippen molar-refractivity contribution in [2.45, 2.75) is 24.1 Å². The lowest BCUT2D eigenvalue weighted by atomic mass is 10.2. The zero-order chi connectivity index (χ0) is 17.3. The molecule has 0 atom stereocenters. The monoisotopic (exact) mass is 361 g/mol. The predicted octanol–water partition coefficient (Wildman–Crippen LogP) is 2.50. The van der Waals surface area contributed by atoms with E-state index in [1.165, 1.54) is 24.9 Å². The number of halogens is 1. The highest BCUT2D eigenvalue weighted by molar-refractivity contribution is 8.01. The van der Waals surface area contributed by atoms with E-state index >= 15 is 0 Å². The summed E-state index contributed by atoms with van der Waals surface area (Å²) < 4.78 is 1.53. The molecular weight excluding hydrogens is 350 g/mol. The molecule has 0 amide bonds. The van der Waals surface area contributed by atoms with Crippen LogP contribution in [0.2, 0.25) is 5.02 Å². The third-order valence-corrected chi connectivity index (χ3v) is 4.88. The van der Waals surface area contributed by atoms with Crippen molar-refractivity contribution in [2.24, 2.45) is 0 Å². The first kappa shape index (κ1) is 16.5. The van der Waals surface area contributed by atoms with E-state index in [1.54, 1.807) is 18.2 Å². The number of fused-ring (bicyclic) bond motifs is 1. The minimum Gasteiger partial charge on any atom is -0.298 e. The fraction of sp³-hybridized carbons (Fsp3) is 0.200. The minimum atomic E-state index is -0.820. The standard InChI is InChI=1S/C15H12ClN5O2S/c1-8(22)13(9(2)23)24-15-12-14(17-7-18-15)21(20-19-12)11-5-3-4-10(16)6-11/h3-7,13H,1-2H3. The number of thioether (sulfide) groups is 1. The van der Waals surface area contributed by atoms with Crippen LogP contribution in [0, 0.1) is 0 Å². The maximum atomic E-state index is 11.6. The topological polar surface area (TPSA) is 90.6 Å². The van der Waals surface area contributed by atoms with E-state index in [9.17, 15) is 9.59 Å². The van der Waals surface area contributed by atoms with Gasteiger partial charge in [-0.1, -0.05) is 34.6 Å². The molecule has 122 valence electrons. The second kappa shape index (κ2) is 6.66. The van der Waals surface area contributed by atoms with E-state index in [0.717, 1.165) is 11.8 Å². The van der Waals surface area contributed by atoms with E-state index in [2.05, 4.69) is 20.3 Å². The van der Waals surface area contributed by atoms with Crippen molar-refractivity contribution in [2.75, 3.05) is 0 Å². The Morgan fingerprint density at radius 3 is 2.62 bits per heavy atom. The van der Waals surface area contributed by atoms with Crippen molar-refractivity contribution >= 4 is 46.1 Å². The Labute approximate surface area is 146 Å². The molecule has 0 saturated heterocycles. The van der Waals surface area contributed by atoms with Crippen LogP contribution in [0.15, 0.2) is 35.6 Å². The van der Waals surface area contributed by atoms with Crippen LogP contribution in [-0.4, -0.2) is 41.8 Å². The van der Waals surface area contributed by atoms with Crippen molar-refractivity contribution in [3.63, 3.8) is 0 Å². The number of hydrogen-bond donors (Lipinski definition) is 0. The zero-order valence-corrected chi connectivity index (χ0v) is 14.4. The lowest BCUT2D eigenvalue weighted by molar-refractivity contribution is -0.123. The Balaban J connectivity index is 2.07. The van der Waals surface area contributed by atoms with Gasteiger partial charge in [-0.25, -0.2) is 9.97 Å². The van der Waals surface area contributed by atoms with E-state index in [4.69, 9.17) is 11.6 Å². The van der Waals surface area contributed by atoms with Crippen molar-refractivity contribution in [1.82, 2.24) is 25.0 Å². The van der Waals surface area contributed by atoms with Gasteiger partial charge in [0.25, 0.3) is 0 Å². The predicted molar refractivity (Wildman–Crippen MR) is 90.5 cm³/mol. The summed E-state index contributed by atoms with van der Waals surface area (Å²) in [4.78, 5) is 31.6. The molecular formula is C15H12ClN5O2S. The van der Waals surface area contributed by atoms with Crippen molar-refractivity contribution in [3.8, 4) is 5.69 Å². The van der Waals surface area contributed by atoms with Crippen molar-refractivity contribution in [3.05, 3.63) is 35.6 Å². The Morgan fingerprint density at radius 2 is 1.96 bits per heavy atom. The number of Topliss-reactive ketones (excluding diaryl/α,β-unsaturated/α-hetero) is 2. The summed E-state index contributed by atoms with van der Waals surface area (Å²) in [6.07, 6.45) is 1.35. The molecule has 3 aromatic rings. The number of rotatable bonds is 5. The van der Waals surface area contributed by atoms with Gasteiger partial charge in [0.15, 0.2) is 22.7 Å². The number of benzene rings is 1. The molecule has 9 heteroatoms. The van der Waals surface area contributed by atoms with Crippen LogP contribution in [0.5, 0.6) is 0 Å². The first-order chi connectivity index (χ1) is 11.5. The van der Waals surface area contributed by atoms with E-state index in [0.29, 0.717) is 26.9 Å². The van der Waals surface area contributed by atoms with Gasteiger partial charge < -0.3 is 0 Å². The van der Waals surface area contributed by atoms with Crippen LogP contribution in [0.25, 0.3) is 16.9 Å². The third-order valence-electron chi connectivity index (χ3n) is 3.22. The number of hydrogen-bond acceptors (Lipinski definition) is 7. The molecule has 24 heavy (non-hydrogen) atoms. The Hall–Kier alpha value is -2.32. The van der Waals surface area contributed by atoms with Gasteiger partial charge in [-0.3, -0.25) is 9.59 Å². The van der Waals surface area contributed by atoms with Gasteiger partial charge in [0, 0.05) is 5.02 Å². The second-order valence-corrected chi connectivity index (χ2v) is 6.58. The molecule has 7 nitrogen and oxygen atoms in total. The molecule has 3 rings (SSSR count). The van der Waals surface area contributed by atoms with Crippen LogP contribution < -0.4 is 0 Å².